The molecule has 0 aromatic heterocycles. The third-order valence-corrected chi connectivity index (χ3v) is 3.70. The Hall–Kier alpha value is -1.62. The Balaban J connectivity index is 2.02. The van der Waals surface area contributed by atoms with Gasteiger partial charge in [-0.1, -0.05) is 6.07 Å². The fraction of sp³-hybridized carbons (Fsp3) is 0.533. The van der Waals surface area contributed by atoms with Crippen LogP contribution in [-0.4, -0.2) is 30.1 Å². The summed E-state index contributed by atoms with van der Waals surface area (Å²) in [6.45, 7) is 4.57. The highest BCUT2D eigenvalue weighted by atomic mass is 19.1. The predicted octanol–water partition coefficient (Wildman–Crippen LogP) is 1.98. The van der Waals surface area contributed by atoms with Gasteiger partial charge < -0.3 is 15.3 Å². The molecule has 1 heterocycles. The fourth-order valence-electron chi connectivity index (χ4n) is 2.59. The number of carbonyl (C=O) groups is 1. The maximum atomic E-state index is 14.1. The number of halogens is 1. The number of rotatable bonds is 3. The van der Waals surface area contributed by atoms with Crippen LogP contribution in [0.4, 0.5) is 10.1 Å². The summed E-state index contributed by atoms with van der Waals surface area (Å²) in [7, 11) is 0. The lowest BCUT2D eigenvalue weighted by molar-refractivity contribution is -0.119. The molecule has 4 nitrogen and oxygen atoms in total. The van der Waals surface area contributed by atoms with Crippen molar-refractivity contribution in [1.29, 1.82) is 0 Å². The van der Waals surface area contributed by atoms with Crippen LogP contribution in [0.3, 0.4) is 0 Å². The second-order valence-electron chi connectivity index (χ2n) is 5.35. The van der Waals surface area contributed by atoms with E-state index in [1.54, 1.807) is 19.1 Å². The van der Waals surface area contributed by atoms with Crippen LogP contribution in [0.2, 0.25) is 0 Å². The predicted molar refractivity (Wildman–Crippen MR) is 76.1 cm³/mol. The highest BCUT2D eigenvalue weighted by Gasteiger charge is 2.22. The second-order valence-corrected chi connectivity index (χ2v) is 5.35. The maximum Gasteiger partial charge on any atom is 0.217 e. The standard InChI is InChI=1S/C15H21FN2O2/c1-10(19)12-3-4-15(14(16)9-12)18-7-5-13(6-8-18)17-11(2)20/h3-4,9-10,13,19H,5-8H2,1-2H3,(H,17,20)/t10-/m0/s1. The molecule has 1 amide bonds. The molecule has 0 saturated carbocycles. The van der Waals surface area contributed by atoms with E-state index >= 15 is 0 Å². The molecule has 1 atom stereocenters. The van der Waals surface area contributed by atoms with Gasteiger partial charge in [0.25, 0.3) is 0 Å². The van der Waals surface area contributed by atoms with E-state index in [1.165, 1.54) is 13.0 Å². The molecule has 0 bridgehead atoms. The van der Waals surface area contributed by atoms with Crippen LogP contribution in [0.5, 0.6) is 0 Å². The minimum Gasteiger partial charge on any atom is -0.389 e. The molecule has 110 valence electrons. The Morgan fingerprint density at radius 3 is 2.60 bits per heavy atom. The number of aliphatic hydroxyl groups is 1. The van der Waals surface area contributed by atoms with Gasteiger partial charge in [-0.15, -0.1) is 0 Å². The summed E-state index contributed by atoms with van der Waals surface area (Å²) in [5, 5.41) is 12.3. The highest BCUT2D eigenvalue weighted by molar-refractivity contribution is 5.73. The Bertz CT molecular complexity index is 483. The largest absolute Gasteiger partial charge is 0.389 e. The van der Waals surface area contributed by atoms with Crippen molar-refractivity contribution in [3.63, 3.8) is 0 Å². The number of anilines is 1. The van der Waals surface area contributed by atoms with Gasteiger partial charge in [0.1, 0.15) is 5.82 Å². The lowest BCUT2D eigenvalue weighted by atomic mass is 10.0. The quantitative estimate of drug-likeness (QED) is 0.890. The molecule has 0 spiro atoms. The SMILES string of the molecule is CC(=O)NC1CCN(c2ccc([C@H](C)O)cc2F)CC1. The number of carbonyl (C=O) groups excluding carboxylic acids is 1. The van der Waals surface area contributed by atoms with Gasteiger partial charge in [-0.05, 0) is 37.5 Å². The summed E-state index contributed by atoms with van der Waals surface area (Å²) < 4.78 is 14.1. The van der Waals surface area contributed by atoms with E-state index in [0.717, 1.165) is 25.9 Å². The zero-order valence-corrected chi connectivity index (χ0v) is 11.9. The van der Waals surface area contributed by atoms with Gasteiger partial charge in [0, 0.05) is 26.1 Å². The van der Waals surface area contributed by atoms with Gasteiger partial charge in [0.15, 0.2) is 0 Å². The molecule has 2 rings (SSSR count). The van der Waals surface area contributed by atoms with Crippen molar-refractivity contribution >= 4 is 11.6 Å². The minimum atomic E-state index is -0.663. The third kappa shape index (κ3) is 3.48. The van der Waals surface area contributed by atoms with Crippen molar-refractivity contribution in [3.8, 4) is 0 Å². The zero-order valence-electron chi connectivity index (χ0n) is 11.9. The summed E-state index contributed by atoms with van der Waals surface area (Å²) in [5.41, 5.74) is 1.15. The van der Waals surface area contributed by atoms with Gasteiger partial charge in [-0.25, -0.2) is 4.39 Å². The van der Waals surface area contributed by atoms with Crippen LogP contribution in [0.1, 0.15) is 38.4 Å². The number of hydrogen-bond donors (Lipinski definition) is 2. The molecule has 0 aliphatic carbocycles. The highest BCUT2D eigenvalue weighted by Crippen LogP contribution is 2.26. The fourth-order valence-corrected chi connectivity index (χ4v) is 2.59. The Labute approximate surface area is 118 Å². The van der Waals surface area contributed by atoms with Crippen molar-refractivity contribution in [2.75, 3.05) is 18.0 Å². The number of piperidine rings is 1. The molecular formula is C15H21FN2O2. The molecule has 1 aliphatic heterocycles. The van der Waals surface area contributed by atoms with Gasteiger partial charge in [0.05, 0.1) is 11.8 Å². The van der Waals surface area contributed by atoms with Gasteiger partial charge in [-0.3, -0.25) is 4.79 Å². The van der Waals surface area contributed by atoms with Crippen LogP contribution in [0.25, 0.3) is 0 Å². The van der Waals surface area contributed by atoms with E-state index in [0.29, 0.717) is 11.3 Å². The molecule has 5 heteroatoms. The first-order valence-electron chi connectivity index (χ1n) is 6.97. The van der Waals surface area contributed by atoms with Crippen molar-refractivity contribution < 1.29 is 14.3 Å². The lowest BCUT2D eigenvalue weighted by Gasteiger charge is -2.34. The molecule has 0 radical (unpaired) electrons. The smallest absolute Gasteiger partial charge is 0.217 e. The normalized spacial score (nSPS) is 17.9. The van der Waals surface area contributed by atoms with E-state index in [9.17, 15) is 14.3 Å². The number of aliphatic hydroxyl groups excluding tert-OH is 1. The van der Waals surface area contributed by atoms with Gasteiger partial charge in [0.2, 0.25) is 5.91 Å². The summed E-state index contributed by atoms with van der Waals surface area (Å²) in [6, 6.07) is 5.04. The molecule has 0 unspecified atom stereocenters. The number of nitrogens with one attached hydrogen (secondary N) is 1. The van der Waals surface area contributed by atoms with Crippen molar-refractivity contribution in [2.45, 2.75) is 38.8 Å². The van der Waals surface area contributed by atoms with Crippen LogP contribution >= 0.6 is 0 Å². The van der Waals surface area contributed by atoms with E-state index < -0.39 is 6.10 Å². The molecule has 1 aromatic rings. The van der Waals surface area contributed by atoms with Crippen LogP contribution in [-0.2, 0) is 4.79 Å². The third-order valence-electron chi connectivity index (χ3n) is 3.70. The molecule has 1 saturated heterocycles. The Kier molecular flexibility index (Phi) is 4.60. The van der Waals surface area contributed by atoms with E-state index in [-0.39, 0.29) is 17.8 Å². The second kappa shape index (κ2) is 6.22. The number of benzene rings is 1. The summed E-state index contributed by atoms with van der Waals surface area (Å²) in [4.78, 5) is 13.0. The molecule has 20 heavy (non-hydrogen) atoms. The lowest BCUT2D eigenvalue weighted by Crippen LogP contribution is -2.44. The topological polar surface area (TPSA) is 52.6 Å². The molecular weight excluding hydrogens is 259 g/mol. The van der Waals surface area contributed by atoms with Gasteiger partial charge in [-0.2, -0.15) is 0 Å². The first kappa shape index (κ1) is 14.8. The van der Waals surface area contributed by atoms with E-state index in [2.05, 4.69) is 5.32 Å². The first-order valence-corrected chi connectivity index (χ1v) is 6.97. The van der Waals surface area contributed by atoms with Crippen molar-refractivity contribution in [2.24, 2.45) is 0 Å². The maximum absolute atomic E-state index is 14.1. The number of nitrogens with zero attached hydrogens (tertiary/aromatic N) is 1. The molecule has 2 N–H and O–H groups in total. The number of hydrogen-bond acceptors (Lipinski definition) is 3. The Morgan fingerprint density at radius 1 is 1.45 bits per heavy atom. The Morgan fingerprint density at radius 2 is 2.10 bits per heavy atom. The zero-order chi connectivity index (χ0) is 14.7. The average Bonchev–Trinajstić information content (AvgIpc) is 2.39. The van der Waals surface area contributed by atoms with Crippen molar-refractivity contribution in [1.82, 2.24) is 5.32 Å². The van der Waals surface area contributed by atoms with E-state index in [4.69, 9.17) is 0 Å². The van der Waals surface area contributed by atoms with Crippen LogP contribution in [0.15, 0.2) is 18.2 Å². The van der Waals surface area contributed by atoms with Crippen molar-refractivity contribution in [3.05, 3.63) is 29.6 Å². The summed E-state index contributed by atoms with van der Waals surface area (Å²) >= 11 is 0. The average molecular weight is 280 g/mol. The van der Waals surface area contributed by atoms with Crippen LogP contribution in [0, 0.1) is 5.82 Å². The summed E-state index contributed by atoms with van der Waals surface area (Å²) in [6.07, 6.45) is 0.970. The number of amides is 1. The monoisotopic (exact) mass is 280 g/mol. The summed E-state index contributed by atoms with van der Waals surface area (Å²) in [5.74, 6) is -0.322. The molecule has 1 fully saturated rings. The van der Waals surface area contributed by atoms with Gasteiger partial charge >= 0.3 is 0 Å². The van der Waals surface area contributed by atoms with E-state index in [1.807, 2.05) is 4.90 Å². The van der Waals surface area contributed by atoms with Crippen LogP contribution < -0.4 is 10.2 Å². The molecule has 1 aliphatic rings. The first-order chi connectivity index (χ1) is 9.47. The minimum absolute atomic E-state index is 0.0177. The molecule has 1 aromatic carbocycles.